The lowest BCUT2D eigenvalue weighted by molar-refractivity contribution is -0.0907. The van der Waals surface area contributed by atoms with Crippen LogP contribution in [0, 0.1) is 11.3 Å². The van der Waals surface area contributed by atoms with Crippen LogP contribution >= 0.6 is 0 Å². The highest BCUT2D eigenvalue weighted by Crippen LogP contribution is 2.33. The second-order valence-electron chi connectivity index (χ2n) is 12.7. The molecule has 0 unspecified atom stereocenters. The van der Waals surface area contributed by atoms with Crippen LogP contribution in [0.3, 0.4) is 0 Å². The number of nitrogens with zero attached hydrogens (tertiary/aromatic N) is 2. The average molecular weight is 634 g/mol. The van der Waals surface area contributed by atoms with E-state index in [1.165, 1.54) is 23.5 Å². The summed E-state index contributed by atoms with van der Waals surface area (Å²) < 4.78 is 51.5. The fraction of sp³-hybridized carbons (Fsp3) is 0.594. The molecule has 44 heavy (non-hydrogen) atoms. The summed E-state index contributed by atoms with van der Waals surface area (Å²) >= 11 is 0. The second kappa shape index (κ2) is 15.0. The fourth-order valence-corrected chi connectivity index (χ4v) is 7.23. The largest absolute Gasteiger partial charge is 0.497 e. The Labute approximate surface area is 261 Å². The van der Waals surface area contributed by atoms with Gasteiger partial charge in [-0.3, -0.25) is 0 Å². The van der Waals surface area contributed by atoms with E-state index in [9.17, 15) is 18.3 Å². The molecule has 2 saturated heterocycles. The maximum atomic E-state index is 14.0. The van der Waals surface area contributed by atoms with Crippen LogP contribution in [-0.2, 0) is 30.7 Å². The number of aliphatic hydroxyl groups excluding tert-OH is 1. The van der Waals surface area contributed by atoms with E-state index in [4.69, 9.17) is 18.9 Å². The minimum Gasteiger partial charge on any atom is -0.497 e. The summed E-state index contributed by atoms with van der Waals surface area (Å²) in [6, 6.07) is 14.8. The van der Waals surface area contributed by atoms with Crippen LogP contribution in [0.2, 0.25) is 0 Å². The molecule has 5 atom stereocenters. The van der Waals surface area contributed by atoms with Crippen molar-refractivity contribution in [3.05, 3.63) is 60.2 Å². The van der Waals surface area contributed by atoms with Gasteiger partial charge in [-0.15, -0.1) is 0 Å². The lowest BCUT2D eigenvalue weighted by Crippen LogP contribution is -2.52. The van der Waals surface area contributed by atoms with Crippen LogP contribution < -0.4 is 10.1 Å². The smallest absolute Gasteiger partial charge is 0.407 e. The standard InChI is InChI=1S/C32H47N3O8S/c1-32(2,16-17-34(3)4)22-35(44(38,39)25-13-11-24(40-5)12-14-25)20-28(36)27(19-23-9-7-6-8-10-23)33-31(37)43-29-21-42-30-26(29)15-18-41-30/h6-14,26-30,36H,15-22H2,1-5H3,(H,33,37)/t26-,27-,28-,29-,30+/m0/s1. The molecule has 0 spiro atoms. The van der Waals surface area contributed by atoms with E-state index in [0.29, 0.717) is 12.4 Å². The highest BCUT2D eigenvalue weighted by atomic mass is 32.2. The number of methoxy groups -OCH3 is 1. The SMILES string of the molecule is COc1ccc(S(=O)(=O)N(C[C@H](O)[C@H](Cc2ccccc2)NC(=O)O[C@H]2CO[C@H]3OCC[C@H]32)CC(C)(C)CCN(C)C)cc1. The van der Waals surface area contributed by atoms with Gasteiger partial charge in [-0.1, -0.05) is 44.2 Å². The molecule has 2 aromatic rings. The molecule has 0 bridgehead atoms. The fourth-order valence-electron chi connectivity index (χ4n) is 5.58. The monoisotopic (exact) mass is 633 g/mol. The highest BCUT2D eigenvalue weighted by Gasteiger charge is 2.44. The number of carbonyl (C=O) groups is 1. The molecule has 0 aromatic heterocycles. The zero-order chi connectivity index (χ0) is 31.9. The Morgan fingerprint density at radius 1 is 1.11 bits per heavy atom. The van der Waals surface area contributed by atoms with Gasteiger partial charge in [0, 0.05) is 13.1 Å². The van der Waals surface area contributed by atoms with Gasteiger partial charge in [0.05, 0.1) is 43.3 Å². The predicted molar refractivity (Wildman–Crippen MR) is 166 cm³/mol. The van der Waals surface area contributed by atoms with Crippen LogP contribution in [0.4, 0.5) is 4.79 Å². The molecule has 1 amide bonds. The van der Waals surface area contributed by atoms with Gasteiger partial charge in [0.1, 0.15) is 11.9 Å². The first kappa shape index (κ1) is 34.1. The van der Waals surface area contributed by atoms with Crippen LogP contribution in [0.15, 0.2) is 59.5 Å². The number of hydrogen-bond acceptors (Lipinski definition) is 9. The van der Waals surface area contributed by atoms with Crippen molar-refractivity contribution < 1.29 is 37.3 Å². The summed E-state index contributed by atoms with van der Waals surface area (Å²) in [6.07, 6.45) is -1.02. The molecule has 4 rings (SSSR count). The first-order valence-corrected chi connectivity index (χ1v) is 16.5. The van der Waals surface area contributed by atoms with Gasteiger partial charge in [-0.2, -0.15) is 4.31 Å². The van der Waals surface area contributed by atoms with Gasteiger partial charge in [0.25, 0.3) is 0 Å². The molecule has 2 N–H and O–H groups in total. The van der Waals surface area contributed by atoms with Crippen molar-refractivity contribution in [3.8, 4) is 5.75 Å². The summed E-state index contributed by atoms with van der Waals surface area (Å²) in [5.41, 5.74) is 0.467. The number of benzene rings is 2. The number of rotatable bonds is 15. The maximum absolute atomic E-state index is 14.0. The third-order valence-corrected chi connectivity index (χ3v) is 10.1. The number of nitrogens with one attached hydrogen (secondary N) is 1. The van der Waals surface area contributed by atoms with Crippen molar-refractivity contribution in [1.29, 1.82) is 0 Å². The summed E-state index contributed by atoms with van der Waals surface area (Å²) in [6.45, 7) is 5.52. The van der Waals surface area contributed by atoms with E-state index < -0.39 is 39.8 Å². The number of amides is 1. The summed E-state index contributed by atoms with van der Waals surface area (Å²) in [5, 5.41) is 14.5. The van der Waals surface area contributed by atoms with E-state index in [2.05, 4.69) is 10.2 Å². The van der Waals surface area contributed by atoms with Gasteiger partial charge in [-0.25, -0.2) is 13.2 Å². The molecule has 2 heterocycles. The summed E-state index contributed by atoms with van der Waals surface area (Å²) in [7, 11) is 1.44. The van der Waals surface area contributed by atoms with Crippen LogP contribution in [-0.4, -0.2) is 107 Å². The van der Waals surface area contributed by atoms with Crippen molar-refractivity contribution in [2.24, 2.45) is 11.3 Å². The normalized spacial score (nSPS) is 21.7. The van der Waals surface area contributed by atoms with Gasteiger partial charge in [-0.05, 0) is 75.1 Å². The third-order valence-electron chi connectivity index (χ3n) is 8.24. The van der Waals surface area contributed by atoms with Gasteiger partial charge < -0.3 is 34.3 Å². The number of alkyl carbamates (subject to hydrolysis) is 1. The van der Waals surface area contributed by atoms with Crippen LogP contribution in [0.5, 0.6) is 5.75 Å². The Kier molecular flexibility index (Phi) is 11.7. The minimum atomic E-state index is -4.03. The highest BCUT2D eigenvalue weighted by molar-refractivity contribution is 7.89. The van der Waals surface area contributed by atoms with E-state index in [-0.39, 0.29) is 43.2 Å². The molecule has 0 saturated carbocycles. The van der Waals surface area contributed by atoms with Gasteiger partial charge in [0.2, 0.25) is 10.0 Å². The van der Waals surface area contributed by atoms with E-state index in [1.54, 1.807) is 12.1 Å². The summed E-state index contributed by atoms with van der Waals surface area (Å²) in [5.74, 6) is 0.503. The number of fused-ring (bicyclic) bond motifs is 1. The molecule has 12 heteroatoms. The van der Waals surface area contributed by atoms with Crippen molar-refractivity contribution >= 4 is 16.1 Å². The molecular weight excluding hydrogens is 586 g/mol. The molecule has 244 valence electrons. The summed E-state index contributed by atoms with van der Waals surface area (Å²) in [4.78, 5) is 15.3. The Balaban J connectivity index is 1.56. The lowest BCUT2D eigenvalue weighted by atomic mass is 9.89. The zero-order valence-electron chi connectivity index (χ0n) is 26.3. The Morgan fingerprint density at radius 3 is 2.48 bits per heavy atom. The van der Waals surface area contributed by atoms with Crippen molar-refractivity contribution in [2.75, 3.05) is 54.1 Å². The zero-order valence-corrected chi connectivity index (χ0v) is 27.2. The van der Waals surface area contributed by atoms with Crippen LogP contribution in [0.1, 0.15) is 32.3 Å². The minimum absolute atomic E-state index is 0.0345. The second-order valence-corrected chi connectivity index (χ2v) is 14.6. The van der Waals surface area contributed by atoms with Crippen molar-refractivity contribution in [3.63, 3.8) is 0 Å². The van der Waals surface area contributed by atoms with Gasteiger partial charge in [0.15, 0.2) is 6.29 Å². The molecule has 2 aromatic carbocycles. The molecule has 2 aliphatic rings. The first-order valence-electron chi connectivity index (χ1n) is 15.1. The number of aliphatic hydroxyl groups is 1. The molecule has 2 fully saturated rings. The Hall–Kier alpha value is -2.74. The van der Waals surface area contributed by atoms with Crippen molar-refractivity contribution in [1.82, 2.24) is 14.5 Å². The molecule has 0 aliphatic carbocycles. The number of hydrogen-bond donors (Lipinski definition) is 2. The number of sulfonamides is 1. The maximum Gasteiger partial charge on any atom is 0.407 e. The van der Waals surface area contributed by atoms with E-state index >= 15 is 0 Å². The molecular formula is C32H47N3O8S. The molecule has 11 nitrogen and oxygen atoms in total. The van der Waals surface area contributed by atoms with Crippen molar-refractivity contribution in [2.45, 2.75) is 62.5 Å². The van der Waals surface area contributed by atoms with Crippen LogP contribution in [0.25, 0.3) is 0 Å². The first-order chi connectivity index (χ1) is 20.9. The molecule has 2 aliphatic heterocycles. The average Bonchev–Trinajstić information content (AvgIpc) is 3.61. The number of carbonyl (C=O) groups excluding carboxylic acids is 1. The van der Waals surface area contributed by atoms with E-state index in [1.807, 2.05) is 58.3 Å². The Bertz CT molecular complexity index is 1310. The van der Waals surface area contributed by atoms with E-state index in [0.717, 1.165) is 24.9 Å². The number of ether oxygens (including phenoxy) is 4. The lowest BCUT2D eigenvalue weighted by Gasteiger charge is -2.35. The predicted octanol–water partition coefficient (Wildman–Crippen LogP) is 3.12. The topological polar surface area (TPSA) is 127 Å². The quantitative estimate of drug-likeness (QED) is 0.304. The van der Waals surface area contributed by atoms with Gasteiger partial charge >= 0.3 is 6.09 Å². The Morgan fingerprint density at radius 2 is 1.82 bits per heavy atom. The third kappa shape index (κ3) is 9.15. The molecule has 0 radical (unpaired) electrons.